The molecule has 2 heterocycles. The lowest BCUT2D eigenvalue weighted by molar-refractivity contribution is 0.0954. The number of hydrogen-bond acceptors (Lipinski definition) is 2. The van der Waals surface area contributed by atoms with Gasteiger partial charge in [-0.25, -0.2) is 4.39 Å². The Balaban J connectivity index is 1.38. The van der Waals surface area contributed by atoms with Crippen molar-refractivity contribution in [1.29, 1.82) is 0 Å². The summed E-state index contributed by atoms with van der Waals surface area (Å²) in [6.07, 6.45) is 9.87. The maximum absolute atomic E-state index is 14.6. The molecule has 0 atom stereocenters. The van der Waals surface area contributed by atoms with Gasteiger partial charge in [-0.3, -0.25) is 19.6 Å². The van der Waals surface area contributed by atoms with E-state index in [2.05, 4.69) is 50.6 Å². The number of nitrogens with one attached hydrogen (secondary N) is 2. The maximum atomic E-state index is 14.6. The van der Waals surface area contributed by atoms with Gasteiger partial charge in [0, 0.05) is 18.1 Å². The first-order chi connectivity index (χ1) is 16.6. The van der Waals surface area contributed by atoms with Gasteiger partial charge in [0.05, 0.1) is 23.0 Å². The van der Waals surface area contributed by atoms with Crippen LogP contribution in [-0.4, -0.2) is 27.2 Å². The Morgan fingerprint density at radius 3 is 3.00 bits per heavy atom. The molecule has 0 saturated carbocycles. The summed E-state index contributed by atoms with van der Waals surface area (Å²) in [5, 5.41) is 9.01. The fourth-order valence-corrected chi connectivity index (χ4v) is 4.03. The maximum Gasteiger partial charge on any atom is 0.254 e. The number of allylic oxidation sites excluding steroid dienone is 3. The van der Waals surface area contributed by atoms with Crippen LogP contribution in [0.1, 0.15) is 27.9 Å². The molecule has 0 radical (unpaired) electrons. The van der Waals surface area contributed by atoms with Crippen LogP contribution in [0.4, 0.5) is 4.39 Å². The number of carbonyl (C=O) groups is 1. The number of fused-ring (bicyclic) bond motifs is 2. The van der Waals surface area contributed by atoms with Gasteiger partial charge in [-0.2, -0.15) is 0 Å². The number of nitrogens with zero attached hydrogens (tertiary/aromatic N) is 2. The number of aromatic amines is 1. The summed E-state index contributed by atoms with van der Waals surface area (Å²) in [7, 11) is 0. The SMILES string of the molecule is C=CCNC(=O)c1ccc(C2=C/C=c3/[nH]n(Cc4ccc5ncccc5c4)c3=C=CC2)cc1F. The summed E-state index contributed by atoms with van der Waals surface area (Å²) in [6.45, 7) is 4.55. The number of rotatable bonds is 6. The molecule has 0 spiro atoms. The lowest BCUT2D eigenvalue weighted by atomic mass is 9.99. The number of H-pyrrole nitrogens is 1. The second kappa shape index (κ2) is 9.22. The summed E-state index contributed by atoms with van der Waals surface area (Å²) < 4.78 is 16.6. The highest BCUT2D eigenvalue weighted by Gasteiger charge is 2.13. The first-order valence-electron chi connectivity index (χ1n) is 11.1. The van der Waals surface area contributed by atoms with Gasteiger partial charge < -0.3 is 5.32 Å². The van der Waals surface area contributed by atoms with Crippen molar-refractivity contribution in [1.82, 2.24) is 20.1 Å². The van der Waals surface area contributed by atoms with Crippen LogP contribution >= 0.6 is 0 Å². The summed E-state index contributed by atoms with van der Waals surface area (Å²) in [5.41, 5.74) is 7.21. The molecule has 0 saturated heterocycles. The van der Waals surface area contributed by atoms with Crippen LogP contribution < -0.4 is 16.0 Å². The third kappa shape index (κ3) is 4.27. The molecule has 2 N–H and O–H groups in total. The molecule has 0 aliphatic heterocycles. The lowest BCUT2D eigenvalue weighted by Gasteiger charge is -2.14. The van der Waals surface area contributed by atoms with Gasteiger partial charge in [0.2, 0.25) is 0 Å². The number of benzene rings is 2. The second-order valence-electron chi connectivity index (χ2n) is 8.10. The third-order valence-corrected chi connectivity index (χ3v) is 5.79. The number of halogens is 1. The minimum atomic E-state index is -0.548. The highest BCUT2D eigenvalue weighted by Crippen LogP contribution is 2.22. The molecule has 0 bridgehead atoms. The first kappa shape index (κ1) is 21.4. The monoisotopic (exact) mass is 450 g/mol. The quantitative estimate of drug-likeness (QED) is 0.441. The largest absolute Gasteiger partial charge is 0.348 e. The summed E-state index contributed by atoms with van der Waals surface area (Å²) in [5.74, 6) is -1.000. The minimum Gasteiger partial charge on any atom is -0.348 e. The summed E-state index contributed by atoms with van der Waals surface area (Å²) >= 11 is 0. The van der Waals surface area contributed by atoms with Crippen LogP contribution in [-0.2, 0) is 6.54 Å². The van der Waals surface area contributed by atoms with Crippen LogP contribution in [0.2, 0.25) is 0 Å². The molecule has 4 aromatic rings. The zero-order valence-electron chi connectivity index (χ0n) is 18.5. The van der Waals surface area contributed by atoms with Crippen LogP contribution in [0.3, 0.4) is 0 Å². The number of aromatic nitrogens is 3. The highest BCUT2D eigenvalue weighted by molar-refractivity contribution is 5.95. The number of pyridine rings is 1. The van der Waals surface area contributed by atoms with Crippen molar-refractivity contribution in [2.24, 2.45) is 0 Å². The second-order valence-corrected chi connectivity index (χ2v) is 8.10. The van der Waals surface area contributed by atoms with Gasteiger partial charge in [-0.15, -0.1) is 6.58 Å². The number of hydrogen-bond donors (Lipinski definition) is 2. The van der Waals surface area contributed by atoms with Crippen LogP contribution in [0.5, 0.6) is 0 Å². The molecule has 0 fully saturated rings. The Morgan fingerprint density at radius 1 is 1.24 bits per heavy atom. The molecule has 6 heteroatoms. The van der Waals surface area contributed by atoms with E-state index in [1.165, 1.54) is 17.7 Å². The van der Waals surface area contributed by atoms with Crippen LogP contribution in [0.15, 0.2) is 79.5 Å². The normalized spacial score (nSPS) is 13.7. The van der Waals surface area contributed by atoms with Crippen molar-refractivity contribution >= 4 is 34.2 Å². The van der Waals surface area contributed by atoms with Crippen molar-refractivity contribution in [3.05, 3.63) is 113 Å². The van der Waals surface area contributed by atoms with Gasteiger partial charge in [-0.05, 0) is 65.6 Å². The van der Waals surface area contributed by atoms with Gasteiger partial charge >= 0.3 is 0 Å². The van der Waals surface area contributed by atoms with E-state index in [0.29, 0.717) is 19.5 Å². The van der Waals surface area contributed by atoms with Gasteiger partial charge in [0.25, 0.3) is 5.91 Å². The van der Waals surface area contributed by atoms with E-state index < -0.39 is 11.7 Å². The van der Waals surface area contributed by atoms with Crippen molar-refractivity contribution in [3.8, 4) is 0 Å². The molecular weight excluding hydrogens is 427 g/mol. The van der Waals surface area contributed by atoms with Gasteiger partial charge in [0.15, 0.2) is 0 Å². The Kier molecular flexibility index (Phi) is 5.81. The van der Waals surface area contributed by atoms with E-state index in [1.807, 2.05) is 30.4 Å². The van der Waals surface area contributed by atoms with E-state index in [-0.39, 0.29) is 5.56 Å². The molecule has 1 aliphatic rings. The lowest BCUT2D eigenvalue weighted by Crippen LogP contribution is -2.48. The van der Waals surface area contributed by atoms with Gasteiger partial charge in [-0.1, -0.05) is 36.1 Å². The first-order valence-corrected chi connectivity index (χ1v) is 11.1. The smallest absolute Gasteiger partial charge is 0.254 e. The average molecular weight is 451 g/mol. The summed E-state index contributed by atoms with van der Waals surface area (Å²) in [4.78, 5) is 16.4. The molecule has 5 nitrogen and oxygen atoms in total. The average Bonchev–Trinajstić information content (AvgIpc) is 2.83. The van der Waals surface area contributed by atoms with Crippen molar-refractivity contribution in [2.45, 2.75) is 13.0 Å². The Morgan fingerprint density at radius 2 is 2.15 bits per heavy atom. The number of amides is 1. The summed E-state index contributed by atoms with van der Waals surface area (Å²) in [6, 6.07) is 15.0. The molecule has 34 heavy (non-hydrogen) atoms. The highest BCUT2D eigenvalue weighted by atomic mass is 19.1. The molecule has 0 unspecified atom stereocenters. The Bertz CT molecular complexity index is 1600. The predicted molar refractivity (Wildman–Crippen MR) is 133 cm³/mol. The predicted octanol–water partition coefficient (Wildman–Crippen LogP) is 3.67. The third-order valence-electron chi connectivity index (χ3n) is 5.79. The van der Waals surface area contributed by atoms with E-state index in [9.17, 15) is 9.18 Å². The van der Waals surface area contributed by atoms with Crippen LogP contribution in [0, 0.1) is 5.82 Å². The molecule has 1 aliphatic carbocycles. The van der Waals surface area contributed by atoms with Crippen LogP contribution in [0.25, 0.3) is 28.3 Å². The minimum absolute atomic E-state index is 0.0221. The van der Waals surface area contributed by atoms with E-state index in [0.717, 1.165) is 32.7 Å². The van der Waals surface area contributed by atoms with E-state index in [4.69, 9.17) is 0 Å². The fourth-order valence-electron chi connectivity index (χ4n) is 4.03. The molecule has 5 rings (SSSR count). The van der Waals surface area contributed by atoms with Gasteiger partial charge in [0.1, 0.15) is 11.2 Å². The Labute approximate surface area is 195 Å². The Hall–Kier alpha value is -4.41. The standard InChI is InChI=1S/C28H23FN4O/c1-2-14-31-28(34)23-11-9-21(17-24(23)29)20-5-3-7-27-26(13-10-20)32-33(27)18-19-8-12-25-22(16-19)6-4-15-30-25/h2-4,6,8-13,15-17,32H,1,5,14,18H2,(H,31,34)/b20-10?,26-13+. The zero-order chi connectivity index (χ0) is 23.5. The van der Waals surface area contributed by atoms with Crippen molar-refractivity contribution in [2.75, 3.05) is 6.54 Å². The topological polar surface area (TPSA) is 62.7 Å². The zero-order valence-corrected chi connectivity index (χ0v) is 18.5. The van der Waals surface area contributed by atoms with E-state index in [1.54, 1.807) is 18.3 Å². The molecule has 1 amide bonds. The van der Waals surface area contributed by atoms with E-state index >= 15 is 0 Å². The fraction of sp³-hybridized carbons (Fsp3) is 0.107. The molecule has 168 valence electrons. The molecule has 2 aromatic heterocycles. The number of carbonyl (C=O) groups excluding carboxylic acids is 1. The molecule has 2 aromatic carbocycles. The van der Waals surface area contributed by atoms with Crippen molar-refractivity contribution < 1.29 is 9.18 Å². The molecular formula is C28H23FN4O. The van der Waals surface area contributed by atoms with Crippen molar-refractivity contribution in [3.63, 3.8) is 0 Å².